The summed E-state index contributed by atoms with van der Waals surface area (Å²) in [7, 11) is 4.54. The number of carbonyl (C=O) groups excluding carboxylic acids is 1. The first-order valence-electron chi connectivity index (χ1n) is 13.2. The molecule has 3 heteroatoms. The molecule has 176 valence electrons. The highest BCUT2D eigenvalue weighted by molar-refractivity contribution is 5.88. The Morgan fingerprint density at radius 2 is 1.65 bits per heavy atom. The van der Waals surface area contributed by atoms with Crippen LogP contribution in [0.15, 0.2) is 11.6 Å². The van der Waals surface area contributed by atoms with Crippen LogP contribution >= 0.6 is 0 Å². The molecule has 0 aromatic heterocycles. The van der Waals surface area contributed by atoms with Crippen LogP contribution in [0.4, 0.5) is 0 Å². The van der Waals surface area contributed by atoms with Crippen molar-refractivity contribution in [2.45, 2.75) is 104 Å². The Balaban J connectivity index is 1.46. The van der Waals surface area contributed by atoms with Gasteiger partial charge in [-0.2, -0.15) is 0 Å². The lowest BCUT2D eigenvalue weighted by atomic mass is 9.44. The number of allylic oxidation sites excluding steroid dienone is 1. The molecule has 4 rings (SSSR count). The molecular weight excluding hydrogens is 380 g/mol. The quantitative estimate of drug-likeness (QED) is 0.553. The fraction of sp³-hybridized carbons (Fsp3) is 0.893. The molecule has 9 atom stereocenters. The third-order valence-electron chi connectivity index (χ3n) is 10.9. The van der Waals surface area contributed by atoms with Gasteiger partial charge in [-0.25, -0.2) is 0 Å². The minimum Gasteiger partial charge on any atom is -0.350 e. The third kappa shape index (κ3) is 4.02. The number of nitrogens with zero attached hydrogens (tertiary/aromatic N) is 1. The van der Waals surface area contributed by atoms with E-state index in [4.69, 9.17) is 0 Å². The number of hydrogen-bond acceptors (Lipinski definition) is 2. The van der Waals surface area contributed by atoms with Crippen molar-refractivity contribution in [1.82, 2.24) is 10.2 Å². The molecule has 0 aromatic rings. The monoisotopic (exact) mass is 428 g/mol. The molecule has 1 N–H and O–H groups in total. The van der Waals surface area contributed by atoms with Crippen LogP contribution in [0.3, 0.4) is 0 Å². The van der Waals surface area contributed by atoms with Crippen molar-refractivity contribution in [3.63, 3.8) is 0 Å². The molecule has 4 aliphatic carbocycles. The Kier molecular flexibility index (Phi) is 6.40. The molecule has 0 spiro atoms. The van der Waals surface area contributed by atoms with E-state index in [0.29, 0.717) is 22.9 Å². The van der Waals surface area contributed by atoms with E-state index in [2.05, 4.69) is 45.1 Å². The first kappa shape index (κ1) is 23.3. The van der Waals surface area contributed by atoms with Crippen LogP contribution in [0.1, 0.15) is 92.4 Å². The topological polar surface area (TPSA) is 32.3 Å². The zero-order valence-electron chi connectivity index (χ0n) is 21.3. The molecule has 4 fully saturated rings. The summed E-state index contributed by atoms with van der Waals surface area (Å²) in [5.74, 6) is 4.55. The summed E-state index contributed by atoms with van der Waals surface area (Å²) in [6.45, 7) is 11.8. The standard InChI is InChI=1S/C28H48N2O/c1-18(2)16-26(31)29-21-12-14-27(4)20(17-21)8-9-22-24-11-10-23(19(3)30(6)7)28(24,5)15-13-25(22)27/h16,19-25H,8-15,17H2,1-7H3,(H,29,31)/t19-,20+,21-,22-,23-,24+,25-,27-,28+/m0/s1. The van der Waals surface area contributed by atoms with E-state index in [1.165, 1.54) is 57.8 Å². The molecule has 31 heavy (non-hydrogen) atoms. The van der Waals surface area contributed by atoms with Gasteiger partial charge in [-0.3, -0.25) is 4.79 Å². The molecule has 0 saturated heterocycles. The number of hydrogen-bond donors (Lipinski definition) is 1. The van der Waals surface area contributed by atoms with E-state index in [-0.39, 0.29) is 5.91 Å². The Morgan fingerprint density at radius 1 is 0.968 bits per heavy atom. The number of nitrogens with one attached hydrogen (secondary N) is 1. The molecular formula is C28H48N2O. The van der Waals surface area contributed by atoms with Crippen LogP contribution in [-0.4, -0.2) is 37.0 Å². The predicted molar refractivity (Wildman–Crippen MR) is 130 cm³/mol. The summed E-state index contributed by atoms with van der Waals surface area (Å²) >= 11 is 0. The SMILES string of the molecule is CC(C)=CC(=O)N[C@H]1CC[C@@]2(C)[C@H](CC[C@H]3[C@H]4CC[C@@H]([C@H](C)N(C)C)[C@@]4(C)CC[C@@H]32)C1. The van der Waals surface area contributed by atoms with Crippen LogP contribution < -0.4 is 5.32 Å². The first-order chi connectivity index (χ1) is 14.6. The summed E-state index contributed by atoms with van der Waals surface area (Å²) < 4.78 is 0. The largest absolute Gasteiger partial charge is 0.350 e. The van der Waals surface area contributed by atoms with Gasteiger partial charge < -0.3 is 10.2 Å². The van der Waals surface area contributed by atoms with E-state index in [9.17, 15) is 4.79 Å². The van der Waals surface area contributed by atoms with Gasteiger partial charge in [0.05, 0.1) is 0 Å². The van der Waals surface area contributed by atoms with Gasteiger partial charge in [0, 0.05) is 18.2 Å². The molecule has 4 saturated carbocycles. The maximum absolute atomic E-state index is 12.3. The highest BCUT2D eigenvalue weighted by Crippen LogP contribution is 2.67. The van der Waals surface area contributed by atoms with Crippen molar-refractivity contribution in [1.29, 1.82) is 0 Å². The number of rotatable bonds is 4. The van der Waals surface area contributed by atoms with Crippen LogP contribution in [0.25, 0.3) is 0 Å². The summed E-state index contributed by atoms with van der Waals surface area (Å²) in [5, 5.41) is 3.32. The van der Waals surface area contributed by atoms with Gasteiger partial charge in [-0.05, 0) is 133 Å². The molecule has 0 unspecified atom stereocenters. The second kappa shape index (κ2) is 8.50. The van der Waals surface area contributed by atoms with Crippen molar-refractivity contribution >= 4 is 5.91 Å². The van der Waals surface area contributed by atoms with Crippen LogP contribution in [0.5, 0.6) is 0 Å². The summed E-state index contributed by atoms with van der Waals surface area (Å²) in [5.41, 5.74) is 2.12. The molecule has 3 nitrogen and oxygen atoms in total. The molecule has 4 aliphatic rings. The van der Waals surface area contributed by atoms with Crippen molar-refractivity contribution in [2.24, 2.45) is 40.4 Å². The van der Waals surface area contributed by atoms with Gasteiger partial charge in [-0.15, -0.1) is 0 Å². The van der Waals surface area contributed by atoms with Crippen molar-refractivity contribution in [3.05, 3.63) is 11.6 Å². The van der Waals surface area contributed by atoms with Gasteiger partial charge in [0.25, 0.3) is 0 Å². The Labute approximate surface area is 191 Å². The maximum Gasteiger partial charge on any atom is 0.244 e. The fourth-order valence-electron chi connectivity index (χ4n) is 9.09. The van der Waals surface area contributed by atoms with Crippen molar-refractivity contribution < 1.29 is 4.79 Å². The van der Waals surface area contributed by atoms with Gasteiger partial charge in [0.2, 0.25) is 5.91 Å². The third-order valence-corrected chi connectivity index (χ3v) is 10.9. The summed E-state index contributed by atoms with van der Waals surface area (Å²) in [4.78, 5) is 14.8. The maximum atomic E-state index is 12.3. The van der Waals surface area contributed by atoms with E-state index in [1.54, 1.807) is 6.08 Å². The van der Waals surface area contributed by atoms with Gasteiger partial charge >= 0.3 is 0 Å². The second-order valence-electron chi connectivity index (χ2n) is 12.8. The minimum atomic E-state index is 0.114. The van der Waals surface area contributed by atoms with Crippen molar-refractivity contribution in [3.8, 4) is 0 Å². The minimum absolute atomic E-state index is 0.114. The highest BCUT2D eigenvalue weighted by Gasteiger charge is 2.60. The summed E-state index contributed by atoms with van der Waals surface area (Å²) in [6.07, 6.45) is 14.0. The fourth-order valence-corrected chi connectivity index (χ4v) is 9.09. The lowest BCUT2D eigenvalue weighted by Gasteiger charge is -2.61. The second-order valence-corrected chi connectivity index (χ2v) is 12.8. The average molecular weight is 429 g/mol. The van der Waals surface area contributed by atoms with Crippen LogP contribution in [0.2, 0.25) is 0 Å². The molecule has 0 aliphatic heterocycles. The molecule has 0 aromatic carbocycles. The van der Waals surface area contributed by atoms with Gasteiger partial charge in [0.1, 0.15) is 0 Å². The Morgan fingerprint density at radius 3 is 2.32 bits per heavy atom. The molecule has 0 radical (unpaired) electrons. The average Bonchev–Trinajstić information content (AvgIpc) is 3.04. The van der Waals surface area contributed by atoms with Gasteiger partial charge in [-0.1, -0.05) is 19.4 Å². The van der Waals surface area contributed by atoms with E-state index >= 15 is 0 Å². The number of carbonyl (C=O) groups is 1. The van der Waals surface area contributed by atoms with E-state index < -0.39 is 0 Å². The van der Waals surface area contributed by atoms with Crippen LogP contribution in [0, 0.1) is 40.4 Å². The molecule has 1 amide bonds. The van der Waals surface area contributed by atoms with E-state index in [1.807, 2.05) is 13.8 Å². The zero-order chi connectivity index (χ0) is 22.6. The molecule has 0 heterocycles. The summed E-state index contributed by atoms with van der Waals surface area (Å²) in [6, 6.07) is 1.07. The van der Waals surface area contributed by atoms with Crippen molar-refractivity contribution in [2.75, 3.05) is 14.1 Å². The van der Waals surface area contributed by atoms with Gasteiger partial charge in [0.15, 0.2) is 0 Å². The molecule has 0 bridgehead atoms. The highest BCUT2D eigenvalue weighted by atomic mass is 16.1. The normalized spacial score (nSPS) is 45.3. The predicted octanol–water partition coefficient (Wildman–Crippen LogP) is 6.05. The number of amides is 1. The lowest BCUT2D eigenvalue weighted by Crippen LogP contribution is -2.56. The Hall–Kier alpha value is -0.830. The van der Waals surface area contributed by atoms with E-state index in [0.717, 1.165) is 35.2 Å². The number of fused-ring (bicyclic) bond motifs is 5. The Bertz CT molecular complexity index is 710. The zero-order valence-corrected chi connectivity index (χ0v) is 21.3. The first-order valence-corrected chi connectivity index (χ1v) is 13.2. The lowest BCUT2D eigenvalue weighted by molar-refractivity contribution is -0.125. The van der Waals surface area contributed by atoms with Crippen LogP contribution in [-0.2, 0) is 4.79 Å². The smallest absolute Gasteiger partial charge is 0.244 e.